The van der Waals surface area contributed by atoms with Gasteiger partial charge in [-0.05, 0) is 24.3 Å². The fraction of sp³-hybridized carbons (Fsp3) is 0.214. The Morgan fingerprint density at radius 1 is 1.39 bits per heavy atom. The lowest BCUT2D eigenvalue weighted by Crippen LogP contribution is -2.05. The van der Waals surface area contributed by atoms with Gasteiger partial charge in [-0.25, -0.2) is 0 Å². The predicted octanol–water partition coefficient (Wildman–Crippen LogP) is 3.15. The van der Waals surface area contributed by atoms with Crippen LogP contribution in [0.3, 0.4) is 0 Å². The van der Waals surface area contributed by atoms with Gasteiger partial charge in [-0.3, -0.25) is 4.98 Å². The monoisotopic (exact) mass is 259 g/mol. The van der Waals surface area contributed by atoms with Crippen molar-refractivity contribution in [2.24, 2.45) is 0 Å². The summed E-state index contributed by atoms with van der Waals surface area (Å²) in [7, 11) is 0. The first-order valence-electron chi connectivity index (χ1n) is 5.88. The van der Waals surface area contributed by atoms with Gasteiger partial charge in [0.15, 0.2) is 0 Å². The van der Waals surface area contributed by atoms with E-state index < -0.39 is 0 Å². The van der Waals surface area contributed by atoms with Crippen LogP contribution in [0, 0.1) is 0 Å². The van der Waals surface area contributed by atoms with Crippen LogP contribution in [0.2, 0.25) is 0 Å². The van der Waals surface area contributed by atoms with Gasteiger partial charge in [0.05, 0.1) is 11.2 Å². The molecule has 0 spiro atoms. The van der Waals surface area contributed by atoms with Crippen molar-refractivity contribution in [2.45, 2.75) is 0 Å². The van der Waals surface area contributed by atoms with Crippen molar-refractivity contribution in [3.05, 3.63) is 43.1 Å². The van der Waals surface area contributed by atoms with Gasteiger partial charge in [0.25, 0.3) is 0 Å². The highest BCUT2D eigenvalue weighted by atomic mass is 32.2. The summed E-state index contributed by atoms with van der Waals surface area (Å²) in [5.74, 6) is 2.05. The number of nitrogens with zero attached hydrogens (tertiary/aromatic N) is 1. The van der Waals surface area contributed by atoms with Crippen molar-refractivity contribution in [3.63, 3.8) is 0 Å². The molecule has 0 fully saturated rings. The number of fused-ring (bicyclic) bond motifs is 1. The first-order valence-corrected chi connectivity index (χ1v) is 7.04. The molecule has 1 aromatic carbocycles. The van der Waals surface area contributed by atoms with E-state index in [-0.39, 0.29) is 0 Å². The zero-order valence-electron chi connectivity index (χ0n) is 10.2. The number of pyridine rings is 1. The number of hydrogen-bond acceptors (Lipinski definition) is 4. The highest BCUT2D eigenvalue weighted by molar-refractivity contribution is 7.99. The first kappa shape index (κ1) is 12.8. The minimum Gasteiger partial charge on any atom is -0.397 e. The Labute approximate surface area is 111 Å². The van der Waals surface area contributed by atoms with Crippen molar-refractivity contribution in [1.82, 2.24) is 4.98 Å². The maximum Gasteiger partial charge on any atom is 0.0951 e. The Bertz CT molecular complexity index is 540. The Kier molecular flexibility index (Phi) is 4.47. The first-order chi connectivity index (χ1) is 8.83. The quantitative estimate of drug-likeness (QED) is 0.475. The van der Waals surface area contributed by atoms with Crippen LogP contribution in [0.5, 0.6) is 0 Å². The van der Waals surface area contributed by atoms with Crippen molar-refractivity contribution >= 4 is 34.0 Å². The number of rotatable bonds is 6. The summed E-state index contributed by atoms with van der Waals surface area (Å²) in [6, 6.07) is 7.88. The maximum absolute atomic E-state index is 5.91. The Morgan fingerprint density at radius 3 is 3.11 bits per heavy atom. The van der Waals surface area contributed by atoms with E-state index in [4.69, 9.17) is 5.73 Å². The van der Waals surface area contributed by atoms with Crippen LogP contribution in [-0.4, -0.2) is 23.0 Å². The standard InChI is InChI=1S/C14H17N3S/c1-2-9-18-10-8-16-13-6-5-12(15)14-11(13)4-3-7-17-14/h2-7,16H,1,8-10,15H2. The topological polar surface area (TPSA) is 50.9 Å². The SMILES string of the molecule is C=CCSCCNc1ccc(N)c2ncccc12. The Hall–Kier alpha value is -1.68. The lowest BCUT2D eigenvalue weighted by Gasteiger charge is -2.10. The number of hydrogen-bond donors (Lipinski definition) is 2. The van der Waals surface area contributed by atoms with Gasteiger partial charge in [0.1, 0.15) is 0 Å². The zero-order valence-corrected chi connectivity index (χ0v) is 11.0. The van der Waals surface area contributed by atoms with Gasteiger partial charge < -0.3 is 11.1 Å². The molecular weight excluding hydrogens is 242 g/mol. The van der Waals surface area contributed by atoms with Crippen molar-refractivity contribution in [1.29, 1.82) is 0 Å². The molecule has 3 N–H and O–H groups in total. The molecule has 0 unspecified atom stereocenters. The van der Waals surface area contributed by atoms with Crippen LogP contribution in [0.1, 0.15) is 0 Å². The van der Waals surface area contributed by atoms with Crippen LogP contribution >= 0.6 is 11.8 Å². The maximum atomic E-state index is 5.91. The number of nitrogens with two attached hydrogens (primary N) is 1. The van der Waals surface area contributed by atoms with E-state index in [0.717, 1.165) is 40.3 Å². The molecule has 1 aromatic heterocycles. The van der Waals surface area contributed by atoms with Crippen LogP contribution in [0.4, 0.5) is 11.4 Å². The molecule has 0 saturated carbocycles. The van der Waals surface area contributed by atoms with Crippen molar-refractivity contribution in [3.8, 4) is 0 Å². The van der Waals surface area contributed by atoms with E-state index in [1.807, 2.05) is 42.1 Å². The zero-order chi connectivity index (χ0) is 12.8. The largest absolute Gasteiger partial charge is 0.397 e. The van der Waals surface area contributed by atoms with Gasteiger partial charge in [-0.2, -0.15) is 11.8 Å². The Balaban J connectivity index is 2.09. The number of aromatic nitrogens is 1. The molecule has 0 amide bonds. The molecule has 2 aromatic rings. The van der Waals surface area contributed by atoms with Crippen LogP contribution in [0.15, 0.2) is 43.1 Å². The predicted molar refractivity (Wildman–Crippen MR) is 82.2 cm³/mol. The van der Waals surface area contributed by atoms with Crippen molar-refractivity contribution < 1.29 is 0 Å². The molecule has 3 nitrogen and oxygen atoms in total. The third-order valence-electron chi connectivity index (χ3n) is 2.60. The average molecular weight is 259 g/mol. The summed E-state index contributed by atoms with van der Waals surface area (Å²) < 4.78 is 0. The van der Waals surface area contributed by atoms with E-state index >= 15 is 0 Å². The molecular formula is C14H17N3S. The number of nitrogens with one attached hydrogen (secondary N) is 1. The molecule has 0 radical (unpaired) electrons. The van der Waals surface area contributed by atoms with E-state index in [9.17, 15) is 0 Å². The van der Waals surface area contributed by atoms with E-state index in [1.54, 1.807) is 6.20 Å². The number of anilines is 2. The average Bonchev–Trinajstić information content (AvgIpc) is 2.41. The molecule has 0 aliphatic rings. The molecule has 0 saturated heterocycles. The lowest BCUT2D eigenvalue weighted by molar-refractivity contribution is 1.23. The summed E-state index contributed by atoms with van der Waals surface area (Å²) in [6.45, 7) is 4.63. The summed E-state index contributed by atoms with van der Waals surface area (Å²) in [5, 5.41) is 4.50. The molecule has 0 aliphatic carbocycles. The third-order valence-corrected chi connectivity index (χ3v) is 3.56. The highest BCUT2D eigenvalue weighted by Gasteiger charge is 2.03. The molecule has 1 heterocycles. The van der Waals surface area contributed by atoms with Crippen LogP contribution in [-0.2, 0) is 0 Å². The third kappa shape index (κ3) is 2.96. The van der Waals surface area contributed by atoms with E-state index in [0.29, 0.717) is 0 Å². The summed E-state index contributed by atoms with van der Waals surface area (Å²) in [6.07, 6.45) is 3.69. The second-order valence-electron chi connectivity index (χ2n) is 3.89. The van der Waals surface area contributed by atoms with Crippen molar-refractivity contribution in [2.75, 3.05) is 29.1 Å². The van der Waals surface area contributed by atoms with Crippen LogP contribution in [0.25, 0.3) is 10.9 Å². The van der Waals surface area contributed by atoms with Crippen LogP contribution < -0.4 is 11.1 Å². The minimum atomic E-state index is 0.720. The fourth-order valence-corrected chi connectivity index (χ4v) is 2.35. The number of thioether (sulfide) groups is 1. The molecule has 94 valence electrons. The molecule has 4 heteroatoms. The lowest BCUT2D eigenvalue weighted by atomic mass is 10.1. The number of nitrogen functional groups attached to an aromatic ring is 1. The minimum absolute atomic E-state index is 0.720. The van der Waals surface area contributed by atoms with E-state index in [1.165, 1.54) is 0 Å². The van der Waals surface area contributed by atoms with E-state index in [2.05, 4.69) is 16.9 Å². The summed E-state index contributed by atoms with van der Waals surface area (Å²) in [4.78, 5) is 4.32. The number of benzene rings is 1. The summed E-state index contributed by atoms with van der Waals surface area (Å²) in [5.41, 5.74) is 8.59. The van der Waals surface area contributed by atoms with Gasteiger partial charge in [0, 0.05) is 35.3 Å². The van der Waals surface area contributed by atoms with Gasteiger partial charge >= 0.3 is 0 Å². The normalized spacial score (nSPS) is 10.4. The van der Waals surface area contributed by atoms with Gasteiger partial charge in [-0.1, -0.05) is 6.08 Å². The second-order valence-corrected chi connectivity index (χ2v) is 5.04. The summed E-state index contributed by atoms with van der Waals surface area (Å²) >= 11 is 1.86. The molecule has 18 heavy (non-hydrogen) atoms. The second kappa shape index (κ2) is 6.31. The van der Waals surface area contributed by atoms with Gasteiger partial charge in [0.2, 0.25) is 0 Å². The van der Waals surface area contributed by atoms with Gasteiger partial charge in [-0.15, -0.1) is 6.58 Å². The fourth-order valence-electron chi connectivity index (χ4n) is 1.77. The molecule has 2 rings (SSSR count). The molecule has 0 bridgehead atoms. The molecule has 0 atom stereocenters. The highest BCUT2D eigenvalue weighted by Crippen LogP contribution is 2.26. The molecule has 0 aliphatic heterocycles. The smallest absolute Gasteiger partial charge is 0.0951 e. The Morgan fingerprint density at radius 2 is 2.28 bits per heavy atom.